The Morgan fingerprint density at radius 2 is 1.67 bits per heavy atom. The number of hydrogen-bond donors (Lipinski definition) is 2. The van der Waals surface area contributed by atoms with E-state index in [4.69, 9.17) is 14.2 Å². The van der Waals surface area contributed by atoms with Gasteiger partial charge in [0, 0.05) is 11.3 Å². The first-order valence-electron chi connectivity index (χ1n) is 13.8. The molecule has 46 heavy (non-hydrogen) atoms. The van der Waals surface area contributed by atoms with E-state index in [1.165, 1.54) is 50.1 Å². The number of carbonyl (C=O) groups excluding carboxylic acids is 2. The summed E-state index contributed by atoms with van der Waals surface area (Å²) in [6, 6.07) is 20.8. The van der Waals surface area contributed by atoms with E-state index >= 15 is 0 Å². The molecule has 10 nitrogen and oxygen atoms in total. The molecule has 0 unspecified atom stereocenters. The highest BCUT2D eigenvalue weighted by Gasteiger charge is 2.49. The van der Waals surface area contributed by atoms with E-state index in [2.05, 4.69) is 50.4 Å². The number of fused-ring (bicyclic) bond motifs is 1. The fraction of sp³-hybridized carbons (Fsp3) is 0.152. The molecule has 1 fully saturated rings. The lowest BCUT2D eigenvalue weighted by Gasteiger charge is -2.23. The molecule has 6 rings (SSSR count). The van der Waals surface area contributed by atoms with Crippen LogP contribution in [0.1, 0.15) is 22.7 Å². The van der Waals surface area contributed by atoms with Gasteiger partial charge in [-0.15, -0.1) is 10.2 Å². The highest BCUT2D eigenvalue weighted by atomic mass is 79.9. The van der Waals surface area contributed by atoms with Crippen molar-refractivity contribution < 1.29 is 34.0 Å². The number of ether oxygens (including phenoxy) is 3. The number of methoxy groups -OCH3 is 3. The predicted octanol–water partition coefficient (Wildman–Crippen LogP) is 7.10. The van der Waals surface area contributed by atoms with E-state index in [9.17, 15) is 19.8 Å². The topological polar surface area (TPSA) is 131 Å². The van der Waals surface area contributed by atoms with Crippen LogP contribution in [0, 0.1) is 0 Å². The number of anilines is 1. The van der Waals surface area contributed by atoms with Crippen molar-refractivity contribution in [3.8, 4) is 23.0 Å². The van der Waals surface area contributed by atoms with Gasteiger partial charge >= 0.3 is 5.91 Å². The van der Waals surface area contributed by atoms with Crippen LogP contribution < -0.4 is 19.1 Å². The second-order valence-electron chi connectivity index (χ2n) is 10.1. The molecule has 234 valence electrons. The monoisotopic (exact) mass is 719 g/mol. The first kappa shape index (κ1) is 31.4. The van der Waals surface area contributed by atoms with Crippen molar-refractivity contribution in [1.29, 1.82) is 0 Å². The molecule has 2 N–H and O–H groups in total. The van der Waals surface area contributed by atoms with Crippen LogP contribution in [0.15, 0.2) is 87.2 Å². The number of Topliss-reactive ketones (excluding diaryl/α,β-unsaturated/α-hetero) is 1. The van der Waals surface area contributed by atoms with E-state index in [0.717, 1.165) is 27.7 Å². The van der Waals surface area contributed by atoms with Gasteiger partial charge in [0.15, 0.2) is 27.3 Å². The summed E-state index contributed by atoms with van der Waals surface area (Å²) >= 11 is 5.96. The van der Waals surface area contributed by atoms with Crippen molar-refractivity contribution in [3.05, 3.63) is 99.5 Å². The summed E-state index contributed by atoms with van der Waals surface area (Å²) in [6.07, 6.45) is 0. The van der Waals surface area contributed by atoms with Crippen LogP contribution in [0.3, 0.4) is 0 Å². The number of ketones is 1. The normalized spacial score (nSPS) is 15.8. The Bertz CT molecular complexity index is 2020. The number of aliphatic hydroxyl groups excluding tert-OH is 1. The summed E-state index contributed by atoms with van der Waals surface area (Å²) in [4.78, 5) is 28.6. The molecule has 13 heteroatoms. The molecule has 2 heterocycles. The zero-order chi connectivity index (χ0) is 32.5. The molecular weight excluding hydrogens is 694 g/mol. The summed E-state index contributed by atoms with van der Waals surface area (Å²) < 4.78 is 16.9. The van der Waals surface area contributed by atoms with Crippen LogP contribution in [0.4, 0.5) is 5.13 Å². The second-order valence-corrected chi connectivity index (χ2v) is 13.1. The maximum Gasteiger partial charge on any atom is 0.301 e. The van der Waals surface area contributed by atoms with Gasteiger partial charge < -0.3 is 24.4 Å². The average molecular weight is 721 g/mol. The van der Waals surface area contributed by atoms with Gasteiger partial charge in [-0.2, -0.15) is 0 Å². The van der Waals surface area contributed by atoms with E-state index in [1.54, 1.807) is 18.2 Å². The molecule has 1 aliphatic heterocycles. The molecule has 4 aromatic carbocycles. The number of aromatic hydroxyl groups is 1. The SMILES string of the molecule is COc1ccc(C(O)=C2C(=O)C(=O)N(c3nnc(SCc4cccc5ccccc45)s3)[C@@H]2c2cc(Br)c(O)c(OC)c2)cc1OC. The molecule has 0 saturated carbocycles. The van der Waals surface area contributed by atoms with Crippen LogP contribution in [-0.2, 0) is 15.3 Å². The quantitative estimate of drug-likeness (QED) is 0.0535. The van der Waals surface area contributed by atoms with Gasteiger partial charge in [0.25, 0.3) is 5.78 Å². The average Bonchev–Trinajstić information content (AvgIpc) is 3.65. The lowest BCUT2D eigenvalue weighted by atomic mass is 9.95. The maximum absolute atomic E-state index is 13.7. The molecule has 1 aliphatic rings. The number of amides is 1. The lowest BCUT2D eigenvalue weighted by Crippen LogP contribution is -2.29. The van der Waals surface area contributed by atoms with Crippen molar-refractivity contribution in [2.75, 3.05) is 26.2 Å². The summed E-state index contributed by atoms with van der Waals surface area (Å²) in [5.41, 5.74) is 1.55. The van der Waals surface area contributed by atoms with Gasteiger partial charge in [0.05, 0.1) is 37.4 Å². The van der Waals surface area contributed by atoms with E-state index in [0.29, 0.717) is 27.2 Å². The largest absolute Gasteiger partial charge is 0.507 e. The Kier molecular flexibility index (Phi) is 8.89. The van der Waals surface area contributed by atoms with E-state index in [1.807, 2.05) is 18.2 Å². The molecule has 1 saturated heterocycles. The minimum Gasteiger partial charge on any atom is -0.507 e. The van der Waals surface area contributed by atoms with Crippen LogP contribution in [-0.4, -0.2) is 53.4 Å². The van der Waals surface area contributed by atoms with Crippen molar-refractivity contribution in [3.63, 3.8) is 0 Å². The zero-order valence-corrected chi connectivity index (χ0v) is 27.9. The van der Waals surface area contributed by atoms with Crippen LogP contribution >= 0.6 is 39.0 Å². The van der Waals surface area contributed by atoms with Gasteiger partial charge in [-0.25, -0.2) is 0 Å². The fourth-order valence-electron chi connectivity index (χ4n) is 5.31. The number of aromatic nitrogens is 2. The Balaban J connectivity index is 1.43. The number of phenolic OH excluding ortho intramolecular Hbond substituents is 1. The highest BCUT2D eigenvalue weighted by molar-refractivity contribution is 9.10. The molecule has 0 aliphatic carbocycles. The van der Waals surface area contributed by atoms with Crippen LogP contribution in [0.25, 0.3) is 16.5 Å². The van der Waals surface area contributed by atoms with Crippen molar-refractivity contribution in [2.45, 2.75) is 16.1 Å². The van der Waals surface area contributed by atoms with Gasteiger partial charge in [-0.1, -0.05) is 65.6 Å². The first-order valence-corrected chi connectivity index (χ1v) is 16.4. The van der Waals surface area contributed by atoms with Gasteiger partial charge in [-0.3, -0.25) is 14.5 Å². The number of halogens is 1. The number of nitrogens with zero attached hydrogens (tertiary/aromatic N) is 3. The van der Waals surface area contributed by atoms with E-state index in [-0.39, 0.29) is 32.2 Å². The minimum absolute atomic E-state index is 0.102. The van der Waals surface area contributed by atoms with Gasteiger partial charge in [-0.05, 0) is 68.2 Å². The predicted molar refractivity (Wildman–Crippen MR) is 180 cm³/mol. The number of hydrogen-bond acceptors (Lipinski definition) is 11. The molecule has 1 atom stereocenters. The second kappa shape index (κ2) is 13.0. The standard InChI is InChI=1S/C33H26BrN3O7S2/c1-42-23-12-11-18(14-24(23)43-2)28(38)26-27(20-13-22(34)29(39)25(15-20)44-3)37(31(41)30(26)40)32-35-36-33(46-32)45-16-19-9-6-8-17-7-4-5-10-21(17)19/h4-15,27,38-39H,16H2,1-3H3/t27-/m1/s1. The van der Waals surface area contributed by atoms with Crippen LogP contribution in [0.2, 0.25) is 0 Å². The Labute approximate surface area is 280 Å². The molecule has 1 amide bonds. The number of thioether (sulfide) groups is 1. The zero-order valence-electron chi connectivity index (χ0n) is 24.7. The molecule has 0 radical (unpaired) electrons. The number of benzene rings is 4. The third-order valence-electron chi connectivity index (χ3n) is 7.52. The molecular formula is C33H26BrN3O7S2. The van der Waals surface area contributed by atoms with Crippen molar-refractivity contribution >= 4 is 72.4 Å². The number of phenols is 1. The lowest BCUT2D eigenvalue weighted by molar-refractivity contribution is -0.132. The van der Waals surface area contributed by atoms with Crippen LogP contribution in [0.5, 0.6) is 23.0 Å². The minimum atomic E-state index is -1.14. The van der Waals surface area contributed by atoms with Crippen molar-refractivity contribution in [2.24, 2.45) is 0 Å². The molecule has 0 spiro atoms. The van der Waals surface area contributed by atoms with Gasteiger partial charge in [0.2, 0.25) is 5.13 Å². The third kappa shape index (κ3) is 5.65. The number of carbonyl (C=O) groups is 2. The summed E-state index contributed by atoms with van der Waals surface area (Å²) in [5.74, 6) is -0.938. The van der Waals surface area contributed by atoms with E-state index < -0.39 is 23.5 Å². The molecule has 0 bridgehead atoms. The summed E-state index contributed by atoms with van der Waals surface area (Å²) in [5, 5.41) is 33.2. The number of aliphatic hydroxyl groups is 1. The Morgan fingerprint density at radius 3 is 2.43 bits per heavy atom. The smallest absolute Gasteiger partial charge is 0.301 e. The van der Waals surface area contributed by atoms with Gasteiger partial charge in [0.1, 0.15) is 5.76 Å². The fourth-order valence-corrected chi connectivity index (χ4v) is 7.64. The Morgan fingerprint density at radius 1 is 0.935 bits per heavy atom. The highest BCUT2D eigenvalue weighted by Crippen LogP contribution is 2.47. The number of rotatable bonds is 9. The Hall–Kier alpha value is -4.59. The third-order valence-corrected chi connectivity index (χ3v) is 10.2. The molecule has 1 aromatic heterocycles. The van der Waals surface area contributed by atoms with Crippen molar-refractivity contribution in [1.82, 2.24) is 10.2 Å². The summed E-state index contributed by atoms with van der Waals surface area (Å²) in [7, 11) is 4.32. The summed E-state index contributed by atoms with van der Waals surface area (Å²) in [6.45, 7) is 0. The molecule has 5 aromatic rings. The maximum atomic E-state index is 13.7. The first-order chi connectivity index (χ1) is 22.2.